The molecule has 1 rings (SSSR count). The second-order valence-corrected chi connectivity index (χ2v) is 2.81. The Balaban J connectivity index is 2.76. The van der Waals surface area contributed by atoms with Gasteiger partial charge in [0.2, 0.25) is 0 Å². The van der Waals surface area contributed by atoms with Crippen LogP contribution in [0.5, 0.6) is 0 Å². The lowest BCUT2D eigenvalue weighted by atomic mass is 9.87. The minimum atomic E-state index is -0.547. The van der Waals surface area contributed by atoms with Gasteiger partial charge in [-0.15, -0.1) is 0 Å². The molecule has 1 aliphatic carbocycles. The highest BCUT2D eigenvalue weighted by Crippen LogP contribution is 2.29. The van der Waals surface area contributed by atoms with E-state index in [1.54, 1.807) is 0 Å². The number of allylic oxidation sites excluding steroid dienone is 1. The first-order valence-electron chi connectivity index (χ1n) is 3.35. The lowest BCUT2D eigenvalue weighted by Crippen LogP contribution is -2.30. The van der Waals surface area contributed by atoms with E-state index in [1.165, 1.54) is 0 Å². The first-order chi connectivity index (χ1) is 4.69. The molecule has 0 spiro atoms. The normalized spacial score (nSPS) is 32.8. The fourth-order valence-electron chi connectivity index (χ4n) is 0.996. The summed E-state index contributed by atoms with van der Waals surface area (Å²) in [6, 6.07) is 0. The van der Waals surface area contributed by atoms with Crippen LogP contribution in [0.2, 0.25) is 0 Å². The Bertz CT molecular complexity index is 172. The predicted octanol–water partition coefficient (Wildman–Crippen LogP) is 2.14. The zero-order valence-corrected chi connectivity index (χ0v) is 6.13. The van der Waals surface area contributed by atoms with Gasteiger partial charge in [0.25, 0.3) is 0 Å². The van der Waals surface area contributed by atoms with Crippen LogP contribution >= 0.6 is 0 Å². The highest BCUT2D eigenvalue weighted by Gasteiger charge is 2.29. The summed E-state index contributed by atoms with van der Waals surface area (Å²) >= 11 is 0. The molecule has 1 N–H and O–H groups in total. The molecule has 0 aliphatic heterocycles. The molecule has 0 fully saturated rings. The van der Waals surface area contributed by atoms with E-state index in [9.17, 15) is 0 Å². The number of hydrogen-bond acceptors (Lipinski definition) is 2. The summed E-state index contributed by atoms with van der Waals surface area (Å²) in [5.74, 6) is 0. The van der Waals surface area contributed by atoms with Gasteiger partial charge >= 0.3 is 0 Å². The average molecular weight is 140 g/mol. The summed E-state index contributed by atoms with van der Waals surface area (Å²) in [6.07, 6.45) is 5.54. The Kier molecular flexibility index (Phi) is 1.92. The van der Waals surface area contributed by atoms with E-state index < -0.39 is 5.60 Å². The summed E-state index contributed by atoms with van der Waals surface area (Å²) in [7, 11) is 0. The molecule has 0 amide bonds. The molecule has 1 aliphatic rings. The van der Waals surface area contributed by atoms with Gasteiger partial charge in [0, 0.05) is 6.42 Å². The largest absolute Gasteiger partial charge is 0.251 e. The standard InChI is InChI=1S/C8H12O2/c1-7-5-3-4-6-8(7,2)10-9/h3-4,9H,1,5-6H2,2H3. The molecule has 0 aromatic heterocycles. The van der Waals surface area contributed by atoms with Crippen LogP contribution in [-0.2, 0) is 4.89 Å². The molecule has 10 heavy (non-hydrogen) atoms. The van der Waals surface area contributed by atoms with E-state index in [-0.39, 0.29) is 0 Å². The van der Waals surface area contributed by atoms with Crippen molar-refractivity contribution in [3.05, 3.63) is 24.3 Å². The summed E-state index contributed by atoms with van der Waals surface area (Å²) in [6.45, 7) is 5.63. The Hall–Kier alpha value is -0.600. The molecule has 0 heterocycles. The molecule has 0 radical (unpaired) electrons. The molecular formula is C8H12O2. The lowest BCUT2D eigenvalue weighted by molar-refractivity contribution is -0.305. The van der Waals surface area contributed by atoms with Crippen molar-refractivity contribution in [1.29, 1.82) is 0 Å². The average Bonchev–Trinajstić information content (AvgIpc) is 1.96. The fourth-order valence-corrected chi connectivity index (χ4v) is 0.996. The molecule has 2 heteroatoms. The molecule has 1 unspecified atom stereocenters. The maximum absolute atomic E-state index is 8.53. The van der Waals surface area contributed by atoms with Crippen LogP contribution < -0.4 is 0 Å². The van der Waals surface area contributed by atoms with Crippen LogP contribution in [0.1, 0.15) is 19.8 Å². The van der Waals surface area contributed by atoms with E-state index in [2.05, 4.69) is 11.5 Å². The molecule has 0 bridgehead atoms. The Morgan fingerprint density at radius 3 is 2.80 bits per heavy atom. The van der Waals surface area contributed by atoms with Gasteiger partial charge in [-0.1, -0.05) is 18.7 Å². The van der Waals surface area contributed by atoms with Crippen molar-refractivity contribution in [3.8, 4) is 0 Å². The van der Waals surface area contributed by atoms with Crippen molar-refractivity contribution in [1.82, 2.24) is 0 Å². The van der Waals surface area contributed by atoms with Gasteiger partial charge in [-0.2, -0.15) is 0 Å². The number of hydrogen-bond donors (Lipinski definition) is 1. The topological polar surface area (TPSA) is 29.5 Å². The van der Waals surface area contributed by atoms with Crippen molar-refractivity contribution in [2.45, 2.75) is 25.4 Å². The van der Waals surface area contributed by atoms with E-state index in [0.29, 0.717) is 6.42 Å². The van der Waals surface area contributed by atoms with Crippen molar-refractivity contribution < 1.29 is 10.1 Å². The second-order valence-electron chi connectivity index (χ2n) is 2.81. The van der Waals surface area contributed by atoms with Gasteiger partial charge in [0.1, 0.15) is 5.60 Å². The third kappa shape index (κ3) is 1.13. The molecular weight excluding hydrogens is 128 g/mol. The van der Waals surface area contributed by atoms with E-state index >= 15 is 0 Å². The Morgan fingerprint density at radius 2 is 2.40 bits per heavy atom. The predicted molar refractivity (Wildman–Crippen MR) is 39.6 cm³/mol. The first kappa shape index (κ1) is 7.51. The SMILES string of the molecule is C=C1CC=CCC1(C)OO. The second kappa shape index (κ2) is 2.56. The molecule has 56 valence electrons. The van der Waals surface area contributed by atoms with Crippen LogP contribution in [0.25, 0.3) is 0 Å². The van der Waals surface area contributed by atoms with E-state index in [1.807, 2.05) is 19.1 Å². The summed E-state index contributed by atoms with van der Waals surface area (Å²) in [5, 5.41) is 8.53. The fraction of sp³-hybridized carbons (Fsp3) is 0.500. The van der Waals surface area contributed by atoms with Crippen molar-refractivity contribution in [3.63, 3.8) is 0 Å². The molecule has 2 nitrogen and oxygen atoms in total. The minimum absolute atomic E-state index is 0.547. The summed E-state index contributed by atoms with van der Waals surface area (Å²) in [5.41, 5.74) is 0.381. The molecule has 0 saturated carbocycles. The van der Waals surface area contributed by atoms with Crippen LogP contribution in [0.4, 0.5) is 0 Å². The summed E-state index contributed by atoms with van der Waals surface area (Å²) in [4.78, 5) is 4.34. The molecule has 1 atom stereocenters. The van der Waals surface area contributed by atoms with Gasteiger partial charge in [-0.3, -0.25) is 5.26 Å². The van der Waals surface area contributed by atoms with Crippen LogP contribution in [0, 0.1) is 0 Å². The van der Waals surface area contributed by atoms with Gasteiger partial charge in [0.05, 0.1) is 0 Å². The molecule has 0 saturated heterocycles. The van der Waals surface area contributed by atoms with Crippen LogP contribution in [0.15, 0.2) is 24.3 Å². The van der Waals surface area contributed by atoms with Gasteiger partial charge in [-0.05, 0) is 18.9 Å². The first-order valence-corrected chi connectivity index (χ1v) is 3.35. The maximum atomic E-state index is 8.53. The van der Waals surface area contributed by atoms with Gasteiger partial charge in [0.15, 0.2) is 0 Å². The van der Waals surface area contributed by atoms with Crippen molar-refractivity contribution in [2.24, 2.45) is 0 Å². The van der Waals surface area contributed by atoms with Crippen molar-refractivity contribution in [2.75, 3.05) is 0 Å². The van der Waals surface area contributed by atoms with Crippen LogP contribution in [0.3, 0.4) is 0 Å². The molecule has 0 aromatic carbocycles. The molecule has 0 aromatic rings. The Labute approximate surface area is 60.7 Å². The third-order valence-corrected chi connectivity index (χ3v) is 1.99. The van der Waals surface area contributed by atoms with Gasteiger partial charge in [-0.25, -0.2) is 4.89 Å². The maximum Gasteiger partial charge on any atom is 0.125 e. The van der Waals surface area contributed by atoms with Crippen molar-refractivity contribution >= 4 is 0 Å². The minimum Gasteiger partial charge on any atom is -0.251 e. The van der Waals surface area contributed by atoms with E-state index in [4.69, 9.17) is 5.26 Å². The lowest BCUT2D eigenvalue weighted by Gasteiger charge is -2.28. The third-order valence-electron chi connectivity index (χ3n) is 1.99. The monoisotopic (exact) mass is 140 g/mol. The van der Waals surface area contributed by atoms with Gasteiger partial charge < -0.3 is 0 Å². The highest BCUT2D eigenvalue weighted by molar-refractivity contribution is 5.21. The van der Waals surface area contributed by atoms with Crippen LogP contribution in [-0.4, -0.2) is 10.9 Å². The zero-order valence-electron chi connectivity index (χ0n) is 6.13. The smallest absolute Gasteiger partial charge is 0.125 e. The van der Waals surface area contributed by atoms with E-state index in [0.717, 1.165) is 12.0 Å². The zero-order chi connectivity index (χ0) is 7.61. The highest BCUT2D eigenvalue weighted by atomic mass is 17.1. The quantitative estimate of drug-likeness (QED) is 0.343. The number of rotatable bonds is 1. The summed E-state index contributed by atoms with van der Waals surface area (Å²) < 4.78 is 0. The Morgan fingerprint density at radius 1 is 1.70 bits per heavy atom.